The molecule has 0 radical (unpaired) electrons. The highest BCUT2D eigenvalue weighted by Crippen LogP contribution is 2.31. The monoisotopic (exact) mass is 477 g/mol. The van der Waals surface area contributed by atoms with Gasteiger partial charge in [-0.25, -0.2) is 17.6 Å². The molecule has 0 aliphatic rings. The van der Waals surface area contributed by atoms with Crippen LogP contribution >= 0.6 is 0 Å². The van der Waals surface area contributed by atoms with Crippen LogP contribution in [0.3, 0.4) is 0 Å². The summed E-state index contributed by atoms with van der Waals surface area (Å²) in [6.45, 7) is 2.58. The van der Waals surface area contributed by atoms with Gasteiger partial charge in [0.2, 0.25) is 0 Å². The molecule has 4 rings (SSSR count). The minimum absolute atomic E-state index is 0.206. The van der Waals surface area contributed by atoms with E-state index in [-0.39, 0.29) is 12.8 Å². The molecule has 0 amide bonds. The normalized spacial score (nSPS) is 11.0. The van der Waals surface area contributed by atoms with E-state index in [1.54, 1.807) is 42.5 Å². The number of unbranched alkanes of at least 4 members (excludes halogenated alkanes) is 1. The van der Waals surface area contributed by atoms with Crippen molar-refractivity contribution in [1.29, 1.82) is 5.26 Å². The molecule has 0 saturated heterocycles. The second-order valence-electron chi connectivity index (χ2n) is 8.36. The van der Waals surface area contributed by atoms with Gasteiger partial charge < -0.3 is 4.74 Å². The zero-order chi connectivity index (χ0) is 24.9. The van der Waals surface area contributed by atoms with Crippen molar-refractivity contribution in [3.05, 3.63) is 101 Å². The molecule has 35 heavy (non-hydrogen) atoms. The SMILES string of the molecule is CCCCOc1ccc(-c2ccc3c(F)c(CCc4cc(F)c(C#N)c(F)c4)ccc3c2)c(F)c1. The van der Waals surface area contributed by atoms with E-state index in [0.29, 0.717) is 45.4 Å². The Kier molecular flexibility index (Phi) is 7.36. The smallest absolute Gasteiger partial charge is 0.144 e. The molecule has 0 heterocycles. The Morgan fingerprint density at radius 2 is 1.60 bits per heavy atom. The fourth-order valence-corrected chi connectivity index (χ4v) is 4.01. The minimum atomic E-state index is -0.929. The highest BCUT2D eigenvalue weighted by molar-refractivity contribution is 5.88. The third-order valence-electron chi connectivity index (χ3n) is 5.95. The van der Waals surface area contributed by atoms with Gasteiger partial charge in [0, 0.05) is 17.0 Å². The largest absolute Gasteiger partial charge is 0.493 e. The fraction of sp³-hybridized carbons (Fsp3) is 0.207. The van der Waals surface area contributed by atoms with E-state index in [1.807, 2.05) is 0 Å². The summed E-state index contributed by atoms with van der Waals surface area (Å²) in [7, 11) is 0. The van der Waals surface area contributed by atoms with Crippen LogP contribution in [0.5, 0.6) is 5.75 Å². The maximum Gasteiger partial charge on any atom is 0.144 e. The molecule has 0 unspecified atom stereocenters. The molecule has 0 fully saturated rings. The highest BCUT2D eigenvalue weighted by Gasteiger charge is 2.14. The molecule has 4 aromatic carbocycles. The Labute approximate surface area is 201 Å². The van der Waals surface area contributed by atoms with Crippen LogP contribution in [-0.2, 0) is 12.8 Å². The van der Waals surface area contributed by atoms with Gasteiger partial charge in [-0.15, -0.1) is 0 Å². The molecule has 6 heteroatoms. The van der Waals surface area contributed by atoms with E-state index < -0.39 is 28.8 Å². The first-order valence-electron chi connectivity index (χ1n) is 11.4. The molecular formula is C29H23F4NO. The van der Waals surface area contributed by atoms with Gasteiger partial charge in [0.25, 0.3) is 0 Å². The Morgan fingerprint density at radius 3 is 2.29 bits per heavy atom. The van der Waals surface area contributed by atoms with E-state index in [4.69, 9.17) is 10.00 Å². The molecule has 178 valence electrons. The van der Waals surface area contributed by atoms with Crippen molar-refractivity contribution in [1.82, 2.24) is 0 Å². The second kappa shape index (κ2) is 10.6. The van der Waals surface area contributed by atoms with Crippen molar-refractivity contribution in [2.75, 3.05) is 6.61 Å². The molecule has 4 aromatic rings. The first-order chi connectivity index (χ1) is 16.9. The number of benzene rings is 4. The summed E-state index contributed by atoms with van der Waals surface area (Å²) in [5.74, 6) is -2.23. The summed E-state index contributed by atoms with van der Waals surface area (Å²) in [5, 5.41) is 9.78. The Balaban J connectivity index is 1.55. The van der Waals surface area contributed by atoms with Crippen molar-refractivity contribution >= 4 is 10.8 Å². The van der Waals surface area contributed by atoms with Crippen LogP contribution in [0.1, 0.15) is 36.5 Å². The third-order valence-corrected chi connectivity index (χ3v) is 5.95. The number of nitriles is 1. The van der Waals surface area contributed by atoms with Crippen LogP contribution in [0.15, 0.2) is 60.7 Å². The molecule has 0 aromatic heterocycles. The average molecular weight is 478 g/mol. The quantitative estimate of drug-likeness (QED) is 0.191. The van der Waals surface area contributed by atoms with Crippen molar-refractivity contribution < 1.29 is 22.3 Å². The van der Waals surface area contributed by atoms with E-state index in [9.17, 15) is 13.2 Å². The van der Waals surface area contributed by atoms with Crippen molar-refractivity contribution in [3.8, 4) is 22.9 Å². The number of fused-ring (bicyclic) bond motifs is 1. The van der Waals surface area contributed by atoms with E-state index in [2.05, 4.69) is 6.92 Å². The highest BCUT2D eigenvalue weighted by atomic mass is 19.1. The standard InChI is InChI=1S/C29H23F4NO/c1-2-3-12-35-22-9-11-23(28(32)16-22)20-8-10-24-21(15-20)7-6-19(29(24)33)5-4-18-13-26(30)25(17-34)27(31)14-18/h6-11,13-16H,2-5,12H2,1H3. The minimum Gasteiger partial charge on any atom is -0.493 e. The van der Waals surface area contributed by atoms with Gasteiger partial charge in [0.15, 0.2) is 0 Å². The molecule has 0 bridgehead atoms. The average Bonchev–Trinajstić information content (AvgIpc) is 2.83. The summed E-state index contributed by atoms with van der Waals surface area (Å²) >= 11 is 0. The third kappa shape index (κ3) is 5.30. The number of hydrogen-bond acceptors (Lipinski definition) is 2. The van der Waals surface area contributed by atoms with Crippen molar-refractivity contribution in [2.45, 2.75) is 32.6 Å². The number of nitrogens with zero attached hydrogens (tertiary/aromatic N) is 1. The number of ether oxygens (including phenoxy) is 1. The Hall–Kier alpha value is -3.85. The number of aryl methyl sites for hydroxylation is 2. The predicted octanol–water partition coefficient (Wildman–Crippen LogP) is 7.90. The summed E-state index contributed by atoms with van der Waals surface area (Å²) in [6.07, 6.45) is 2.31. The predicted molar refractivity (Wildman–Crippen MR) is 128 cm³/mol. The van der Waals surface area contributed by atoms with E-state index in [0.717, 1.165) is 25.0 Å². The van der Waals surface area contributed by atoms with Crippen LogP contribution in [0.2, 0.25) is 0 Å². The summed E-state index contributed by atoms with van der Waals surface area (Å²) in [5.41, 5.74) is 1.12. The van der Waals surface area contributed by atoms with Gasteiger partial charge in [-0.2, -0.15) is 5.26 Å². The Bertz CT molecular complexity index is 1400. The van der Waals surface area contributed by atoms with E-state index >= 15 is 4.39 Å². The lowest BCUT2D eigenvalue weighted by atomic mass is 9.96. The molecule has 0 aliphatic heterocycles. The fourth-order valence-electron chi connectivity index (χ4n) is 4.01. The first-order valence-corrected chi connectivity index (χ1v) is 11.4. The summed E-state index contributed by atoms with van der Waals surface area (Å²) in [6, 6.07) is 16.8. The second-order valence-corrected chi connectivity index (χ2v) is 8.36. The zero-order valence-corrected chi connectivity index (χ0v) is 19.2. The lowest BCUT2D eigenvalue weighted by Crippen LogP contribution is -1.99. The lowest BCUT2D eigenvalue weighted by Gasteiger charge is -2.11. The van der Waals surface area contributed by atoms with Gasteiger partial charge in [-0.3, -0.25) is 0 Å². The summed E-state index contributed by atoms with van der Waals surface area (Å²) < 4.78 is 63.2. The van der Waals surface area contributed by atoms with E-state index in [1.165, 1.54) is 12.1 Å². The lowest BCUT2D eigenvalue weighted by molar-refractivity contribution is 0.308. The van der Waals surface area contributed by atoms with Gasteiger partial charge in [-0.05, 0) is 71.7 Å². The molecule has 0 saturated carbocycles. The van der Waals surface area contributed by atoms with Crippen LogP contribution < -0.4 is 4.74 Å². The number of halogens is 4. The van der Waals surface area contributed by atoms with Gasteiger partial charge in [0.1, 0.15) is 40.7 Å². The molecule has 0 aliphatic carbocycles. The van der Waals surface area contributed by atoms with Gasteiger partial charge >= 0.3 is 0 Å². The number of hydrogen-bond donors (Lipinski definition) is 0. The van der Waals surface area contributed by atoms with Crippen LogP contribution in [0.4, 0.5) is 17.6 Å². The van der Waals surface area contributed by atoms with Crippen LogP contribution in [0.25, 0.3) is 21.9 Å². The van der Waals surface area contributed by atoms with Crippen LogP contribution in [-0.4, -0.2) is 6.61 Å². The molecule has 0 spiro atoms. The number of rotatable bonds is 8. The van der Waals surface area contributed by atoms with Gasteiger partial charge in [-0.1, -0.05) is 37.6 Å². The van der Waals surface area contributed by atoms with Gasteiger partial charge in [0.05, 0.1) is 6.61 Å². The molecule has 0 atom stereocenters. The molecule has 0 N–H and O–H groups in total. The molecular weight excluding hydrogens is 454 g/mol. The Morgan fingerprint density at radius 1 is 0.829 bits per heavy atom. The first kappa shape index (κ1) is 24.3. The summed E-state index contributed by atoms with van der Waals surface area (Å²) in [4.78, 5) is 0. The maximum absolute atomic E-state index is 15.2. The van der Waals surface area contributed by atoms with Crippen molar-refractivity contribution in [2.24, 2.45) is 0 Å². The van der Waals surface area contributed by atoms with Crippen molar-refractivity contribution in [3.63, 3.8) is 0 Å². The topological polar surface area (TPSA) is 33.0 Å². The maximum atomic E-state index is 15.2. The molecule has 2 nitrogen and oxygen atoms in total. The van der Waals surface area contributed by atoms with Crippen LogP contribution in [0, 0.1) is 34.6 Å². The zero-order valence-electron chi connectivity index (χ0n) is 19.2.